The summed E-state index contributed by atoms with van der Waals surface area (Å²) in [5.74, 6) is 1.20. The highest BCUT2D eigenvalue weighted by Gasteiger charge is 2.07. The summed E-state index contributed by atoms with van der Waals surface area (Å²) in [6, 6.07) is 5.29. The van der Waals surface area contributed by atoms with Gasteiger partial charge in [-0.3, -0.25) is 4.99 Å². The first-order chi connectivity index (χ1) is 10.5. The molecule has 0 saturated heterocycles. The molecule has 0 fully saturated rings. The molecule has 0 aliphatic carbocycles. The standard InChI is InChI=1S/C17H29FN4/c1-6-13(7-2)11-20-17(19-3)21-12-14-8-9-16(22(4)5)15(18)10-14/h8-10,13H,6-7,11-12H2,1-5H3,(H2,19,20,21). The van der Waals surface area contributed by atoms with Crippen LogP contribution >= 0.6 is 0 Å². The van der Waals surface area contributed by atoms with Crippen molar-refractivity contribution in [1.29, 1.82) is 0 Å². The molecule has 124 valence electrons. The van der Waals surface area contributed by atoms with E-state index in [1.807, 2.05) is 20.2 Å². The van der Waals surface area contributed by atoms with Crippen molar-refractivity contribution in [2.75, 3.05) is 32.6 Å². The van der Waals surface area contributed by atoms with Crippen molar-refractivity contribution in [1.82, 2.24) is 10.6 Å². The fourth-order valence-electron chi connectivity index (χ4n) is 2.25. The van der Waals surface area contributed by atoms with Crippen molar-refractivity contribution in [3.05, 3.63) is 29.6 Å². The van der Waals surface area contributed by atoms with Crippen LogP contribution < -0.4 is 15.5 Å². The molecule has 0 saturated carbocycles. The van der Waals surface area contributed by atoms with Gasteiger partial charge in [0.2, 0.25) is 0 Å². The quantitative estimate of drug-likeness (QED) is 0.601. The highest BCUT2D eigenvalue weighted by molar-refractivity contribution is 5.79. The fourth-order valence-corrected chi connectivity index (χ4v) is 2.25. The molecular formula is C17H29FN4. The van der Waals surface area contributed by atoms with Gasteiger partial charge in [-0.2, -0.15) is 0 Å². The smallest absolute Gasteiger partial charge is 0.191 e. The first-order valence-electron chi connectivity index (χ1n) is 7.92. The van der Waals surface area contributed by atoms with Crippen LogP contribution in [0.5, 0.6) is 0 Å². The lowest BCUT2D eigenvalue weighted by Crippen LogP contribution is -2.39. The lowest BCUT2D eigenvalue weighted by molar-refractivity contribution is 0.481. The van der Waals surface area contributed by atoms with Gasteiger partial charge in [0, 0.05) is 34.2 Å². The molecular weight excluding hydrogens is 279 g/mol. The number of nitrogens with zero attached hydrogens (tertiary/aromatic N) is 2. The zero-order valence-corrected chi connectivity index (χ0v) is 14.4. The average molecular weight is 308 g/mol. The van der Waals surface area contributed by atoms with Gasteiger partial charge in [-0.1, -0.05) is 32.8 Å². The Morgan fingerprint density at radius 3 is 2.41 bits per heavy atom. The average Bonchev–Trinajstić information content (AvgIpc) is 2.50. The van der Waals surface area contributed by atoms with E-state index < -0.39 is 0 Å². The van der Waals surface area contributed by atoms with E-state index in [4.69, 9.17) is 0 Å². The van der Waals surface area contributed by atoms with Gasteiger partial charge in [-0.25, -0.2) is 4.39 Å². The number of rotatable bonds is 7. The number of benzene rings is 1. The van der Waals surface area contributed by atoms with Crippen molar-refractivity contribution in [3.63, 3.8) is 0 Å². The van der Waals surface area contributed by atoms with Crippen molar-refractivity contribution < 1.29 is 4.39 Å². The molecule has 1 aromatic carbocycles. The molecule has 0 aromatic heterocycles. The van der Waals surface area contributed by atoms with Crippen LogP contribution in [0, 0.1) is 11.7 Å². The van der Waals surface area contributed by atoms with E-state index >= 15 is 0 Å². The topological polar surface area (TPSA) is 39.7 Å². The number of anilines is 1. The maximum Gasteiger partial charge on any atom is 0.191 e. The molecule has 0 unspecified atom stereocenters. The molecule has 0 amide bonds. The molecule has 22 heavy (non-hydrogen) atoms. The molecule has 0 spiro atoms. The second-order valence-corrected chi connectivity index (χ2v) is 5.67. The number of hydrogen-bond acceptors (Lipinski definition) is 2. The molecule has 4 nitrogen and oxygen atoms in total. The van der Waals surface area contributed by atoms with Gasteiger partial charge in [0.15, 0.2) is 5.96 Å². The van der Waals surface area contributed by atoms with Gasteiger partial charge in [0.25, 0.3) is 0 Å². The monoisotopic (exact) mass is 308 g/mol. The molecule has 0 heterocycles. The van der Waals surface area contributed by atoms with Gasteiger partial charge < -0.3 is 15.5 Å². The van der Waals surface area contributed by atoms with Crippen molar-refractivity contribution >= 4 is 11.6 Å². The van der Waals surface area contributed by atoms with Crippen molar-refractivity contribution in [3.8, 4) is 0 Å². The van der Waals surface area contributed by atoms with E-state index in [9.17, 15) is 4.39 Å². The fraction of sp³-hybridized carbons (Fsp3) is 0.588. The lowest BCUT2D eigenvalue weighted by Gasteiger charge is -2.17. The Hall–Kier alpha value is -1.78. The number of hydrogen-bond donors (Lipinski definition) is 2. The molecule has 0 bridgehead atoms. The highest BCUT2D eigenvalue weighted by Crippen LogP contribution is 2.18. The Morgan fingerprint density at radius 1 is 1.23 bits per heavy atom. The zero-order chi connectivity index (χ0) is 16.5. The van der Waals surface area contributed by atoms with E-state index in [2.05, 4.69) is 29.5 Å². The Balaban J connectivity index is 2.55. The number of guanidine groups is 1. The van der Waals surface area contributed by atoms with Crippen LogP contribution in [0.3, 0.4) is 0 Å². The predicted octanol–water partition coefficient (Wildman–Crippen LogP) is 2.99. The van der Waals surface area contributed by atoms with Crippen LogP contribution in [0.25, 0.3) is 0 Å². The van der Waals surface area contributed by atoms with E-state index in [1.165, 1.54) is 0 Å². The van der Waals surface area contributed by atoms with E-state index in [0.717, 1.165) is 30.9 Å². The minimum Gasteiger partial charge on any atom is -0.375 e. The van der Waals surface area contributed by atoms with Gasteiger partial charge in [0.1, 0.15) is 5.82 Å². The number of aliphatic imine (C=N–C) groups is 1. The Morgan fingerprint density at radius 2 is 1.91 bits per heavy atom. The van der Waals surface area contributed by atoms with E-state index in [0.29, 0.717) is 18.2 Å². The molecule has 2 N–H and O–H groups in total. The molecule has 5 heteroatoms. The van der Waals surface area contributed by atoms with Gasteiger partial charge in [-0.15, -0.1) is 0 Å². The molecule has 1 aromatic rings. The van der Waals surface area contributed by atoms with Crippen LogP contribution in [0.1, 0.15) is 32.3 Å². The summed E-state index contributed by atoms with van der Waals surface area (Å²) in [7, 11) is 5.41. The van der Waals surface area contributed by atoms with Crippen molar-refractivity contribution in [2.24, 2.45) is 10.9 Å². The molecule has 0 aliphatic heterocycles. The van der Waals surface area contributed by atoms with E-state index in [-0.39, 0.29) is 5.82 Å². The zero-order valence-electron chi connectivity index (χ0n) is 14.4. The summed E-state index contributed by atoms with van der Waals surface area (Å²) < 4.78 is 13.9. The third-order valence-corrected chi connectivity index (χ3v) is 3.89. The first-order valence-corrected chi connectivity index (χ1v) is 7.92. The number of nitrogens with one attached hydrogen (secondary N) is 2. The maximum absolute atomic E-state index is 13.9. The van der Waals surface area contributed by atoms with Crippen LogP contribution in [0.15, 0.2) is 23.2 Å². The normalized spacial score (nSPS) is 11.7. The summed E-state index contributed by atoms with van der Waals surface area (Å²) in [4.78, 5) is 5.97. The maximum atomic E-state index is 13.9. The van der Waals surface area contributed by atoms with Crippen LogP contribution in [0.2, 0.25) is 0 Å². The first kappa shape index (κ1) is 18.3. The molecule has 0 radical (unpaired) electrons. The SMILES string of the molecule is CCC(CC)CNC(=NC)NCc1ccc(N(C)C)c(F)c1. The van der Waals surface area contributed by atoms with Gasteiger partial charge >= 0.3 is 0 Å². The second kappa shape index (κ2) is 9.28. The molecule has 0 atom stereocenters. The molecule has 0 aliphatic rings. The van der Waals surface area contributed by atoms with Crippen molar-refractivity contribution in [2.45, 2.75) is 33.2 Å². The van der Waals surface area contributed by atoms with Crippen LogP contribution in [0.4, 0.5) is 10.1 Å². The van der Waals surface area contributed by atoms with Crippen LogP contribution in [-0.4, -0.2) is 33.6 Å². The lowest BCUT2D eigenvalue weighted by atomic mass is 10.0. The van der Waals surface area contributed by atoms with Crippen LogP contribution in [-0.2, 0) is 6.54 Å². The summed E-state index contributed by atoms with van der Waals surface area (Å²) in [5.41, 5.74) is 1.49. The third-order valence-electron chi connectivity index (χ3n) is 3.89. The van der Waals surface area contributed by atoms with Gasteiger partial charge in [0.05, 0.1) is 5.69 Å². The third kappa shape index (κ3) is 5.54. The Kier molecular flexibility index (Phi) is 7.71. The summed E-state index contributed by atoms with van der Waals surface area (Å²) in [6.07, 6.45) is 2.30. The highest BCUT2D eigenvalue weighted by atomic mass is 19.1. The van der Waals surface area contributed by atoms with Gasteiger partial charge in [-0.05, 0) is 23.6 Å². The summed E-state index contributed by atoms with van der Waals surface area (Å²) in [5, 5.41) is 6.55. The minimum absolute atomic E-state index is 0.204. The summed E-state index contributed by atoms with van der Waals surface area (Å²) >= 11 is 0. The Bertz CT molecular complexity index is 482. The second-order valence-electron chi connectivity index (χ2n) is 5.67. The Labute approximate surface area is 133 Å². The summed E-state index contributed by atoms with van der Waals surface area (Å²) in [6.45, 7) is 5.84. The molecule has 1 rings (SSSR count). The largest absolute Gasteiger partial charge is 0.375 e. The predicted molar refractivity (Wildman–Crippen MR) is 93.0 cm³/mol. The number of halogens is 1. The van der Waals surface area contributed by atoms with E-state index in [1.54, 1.807) is 24.1 Å². The minimum atomic E-state index is -0.204.